The summed E-state index contributed by atoms with van der Waals surface area (Å²) in [7, 11) is 0. The molecule has 0 aliphatic rings. The molecule has 2 aromatic rings. The van der Waals surface area contributed by atoms with Gasteiger partial charge in [-0.25, -0.2) is 14.4 Å². The van der Waals surface area contributed by atoms with Gasteiger partial charge in [0.1, 0.15) is 17.1 Å². The zero-order valence-electron chi connectivity index (χ0n) is 10.5. The van der Waals surface area contributed by atoms with Gasteiger partial charge in [0.05, 0.1) is 11.4 Å². The molecule has 4 nitrogen and oxygen atoms in total. The van der Waals surface area contributed by atoms with E-state index in [1.54, 1.807) is 0 Å². The molecule has 0 amide bonds. The molecule has 2 aromatic heterocycles. The van der Waals surface area contributed by atoms with Gasteiger partial charge < -0.3 is 4.52 Å². The second kappa shape index (κ2) is 5.48. The molecule has 0 radical (unpaired) electrons. The molecule has 0 unspecified atom stereocenters. The SMILES string of the molecule is CCc1ncnc(SCc2c(C)noc2C)c1F. The number of hydrogen-bond donors (Lipinski definition) is 0. The molecule has 0 spiro atoms. The van der Waals surface area contributed by atoms with Crippen molar-refractivity contribution in [2.45, 2.75) is 38.0 Å². The molecule has 2 rings (SSSR count). The highest BCUT2D eigenvalue weighted by Gasteiger charge is 2.13. The van der Waals surface area contributed by atoms with Crippen LogP contribution in [0.15, 0.2) is 15.9 Å². The van der Waals surface area contributed by atoms with Gasteiger partial charge >= 0.3 is 0 Å². The Morgan fingerprint density at radius 3 is 2.72 bits per heavy atom. The summed E-state index contributed by atoms with van der Waals surface area (Å²) in [6, 6.07) is 0. The summed E-state index contributed by atoms with van der Waals surface area (Å²) < 4.78 is 19.0. The summed E-state index contributed by atoms with van der Waals surface area (Å²) in [5, 5.41) is 4.25. The van der Waals surface area contributed by atoms with Crippen molar-refractivity contribution < 1.29 is 8.91 Å². The summed E-state index contributed by atoms with van der Waals surface area (Å²) in [4.78, 5) is 7.88. The third-order valence-corrected chi connectivity index (χ3v) is 3.69. The first-order chi connectivity index (χ1) is 8.63. The van der Waals surface area contributed by atoms with E-state index in [1.165, 1.54) is 18.1 Å². The van der Waals surface area contributed by atoms with E-state index in [-0.39, 0.29) is 5.82 Å². The van der Waals surface area contributed by atoms with Crippen LogP contribution < -0.4 is 0 Å². The molecule has 18 heavy (non-hydrogen) atoms. The molecule has 6 heteroatoms. The first-order valence-corrected chi connectivity index (χ1v) is 6.66. The van der Waals surface area contributed by atoms with Crippen LogP contribution in [0.2, 0.25) is 0 Å². The van der Waals surface area contributed by atoms with E-state index in [9.17, 15) is 4.39 Å². The first kappa shape index (κ1) is 13.0. The van der Waals surface area contributed by atoms with Crippen LogP contribution >= 0.6 is 11.8 Å². The number of rotatable bonds is 4. The zero-order valence-corrected chi connectivity index (χ0v) is 11.3. The smallest absolute Gasteiger partial charge is 0.176 e. The van der Waals surface area contributed by atoms with Crippen molar-refractivity contribution in [3.8, 4) is 0 Å². The molecule has 0 aliphatic heterocycles. The fourth-order valence-electron chi connectivity index (χ4n) is 1.58. The minimum atomic E-state index is -0.322. The normalized spacial score (nSPS) is 10.9. The van der Waals surface area contributed by atoms with Crippen LogP contribution in [-0.4, -0.2) is 15.1 Å². The Morgan fingerprint density at radius 1 is 1.33 bits per heavy atom. The Bertz CT molecular complexity index is 537. The molecule has 0 atom stereocenters. The highest BCUT2D eigenvalue weighted by atomic mass is 32.2. The second-order valence-electron chi connectivity index (χ2n) is 3.88. The number of nitrogens with zero attached hydrogens (tertiary/aromatic N) is 3. The molecule has 0 N–H and O–H groups in total. The van der Waals surface area contributed by atoms with Crippen LogP contribution in [0.25, 0.3) is 0 Å². The Labute approximate surface area is 109 Å². The Kier molecular flexibility index (Phi) is 3.96. The monoisotopic (exact) mass is 267 g/mol. The zero-order chi connectivity index (χ0) is 13.1. The summed E-state index contributed by atoms with van der Waals surface area (Å²) in [6.45, 7) is 5.60. The van der Waals surface area contributed by atoms with Crippen molar-refractivity contribution in [3.63, 3.8) is 0 Å². The average Bonchev–Trinajstić information content (AvgIpc) is 2.68. The number of thioether (sulfide) groups is 1. The summed E-state index contributed by atoms with van der Waals surface area (Å²) in [6.07, 6.45) is 1.96. The van der Waals surface area contributed by atoms with E-state index in [0.29, 0.717) is 22.9 Å². The lowest BCUT2D eigenvalue weighted by Crippen LogP contribution is -1.98. The fourth-order valence-corrected chi connectivity index (χ4v) is 2.64. The van der Waals surface area contributed by atoms with Crippen molar-refractivity contribution in [3.05, 3.63) is 34.9 Å². The number of hydrogen-bond acceptors (Lipinski definition) is 5. The van der Waals surface area contributed by atoms with E-state index in [1.807, 2.05) is 20.8 Å². The second-order valence-corrected chi connectivity index (χ2v) is 4.85. The molecule has 0 saturated carbocycles. The van der Waals surface area contributed by atoms with Crippen LogP contribution in [0.4, 0.5) is 4.39 Å². The maximum absolute atomic E-state index is 13.9. The summed E-state index contributed by atoms with van der Waals surface area (Å²) in [5.74, 6) is 1.04. The Hall–Kier alpha value is -1.43. The molecule has 0 saturated heterocycles. The highest BCUT2D eigenvalue weighted by Crippen LogP contribution is 2.27. The van der Waals surface area contributed by atoms with Crippen LogP contribution in [-0.2, 0) is 12.2 Å². The predicted octanol–water partition coefficient (Wildman–Crippen LogP) is 3.08. The maximum atomic E-state index is 13.9. The molecule has 96 valence electrons. The third-order valence-electron chi connectivity index (χ3n) is 2.70. The van der Waals surface area contributed by atoms with E-state index >= 15 is 0 Å². The van der Waals surface area contributed by atoms with Gasteiger partial charge in [0, 0.05) is 11.3 Å². The predicted molar refractivity (Wildman–Crippen MR) is 66.9 cm³/mol. The van der Waals surface area contributed by atoms with Gasteiger partial charge in [0.25, 0.3) is 0 Å². The van der Waals surface area contributed by atoms with E-state index < -0.39 is 0 Å². The summed E-state index contributed by atoms with van der Waals surface area (Å²) in [5.41, 5.74) is 2.28. The van der Waals surface area contributed by atoms with Gasteiger partial charge in [0.2, 0.25) is 0 Å². The minimum Gasteiger partial charge on any atom is -0.361 e. The van der Waals surface area contributed by atoms with E-state index in [0.717, 1.165) is 17.0 Å². The third kappa shape index (κ3) is 2.53. The lowest BCUT2D eigenvalue weighted by molar-refractivity contribution is 0.392. The largest absolute Gasteiger partial charge is 0.361 e. The number of aryl methyl sites for hydroxylation is 3. The van der Waals surface area contributed by atoms with Crippen molar-refractivity contribution in [2.75, 3.05) is 0 Å². The fraction of sp³-hybridized carbons (Fsp3) is 0.417. The van der Waals surface area contributed by atoms with Crippen molar-refractivity contribution >= 4 is 11.8 Å². The Morgan fingerprint density at radius 2 is 2.11 bits per heavy atom. The topological polar surface area (TPSA) is 51.8 Å². The van der Waals surface area contributed by atoms with Crippen molar-refractivity contribution in [1.29, 1.82) is 0 Å². The first-order valence-electron chi connectivity index (χ1n) is 5.67. The maximum Gasteiger partial charge on any atom is 0.176 e. The Balaban J connectivity index is 2.16. The molecule has 0 fully saturated rings. The van der Waals surface area contributed by atoms with Crippen LogP contribution in [0.3, 0.4) is 0 Å². The van der Waals surface area contributed by atoms with Gasteiger partial charge in [-0.15, -0.1) is 0 Å². The van der Waals surface area contributed by atoms with Crippen molar-refractivity contribution in [1.82, 2.24) is 15.1 Å². The van der Waals surface area contributed by atoms with E-state index in [2.05, 4.69) is 15.1 Å². The standard InChI is InChI=1S/C12H14FN3OS/c1-4-10-11(13)12(15-6-14-10)18-5-9-7(2)16-17-8(9)3/h6H,4-5H2,1-3H3. The van der Waals surface area contributed by atoms with Gasteiger partial charge in [-0.2, -0.15) is 0 Å². The molecule has 0 aliphatic carbocycles. The van der Waals surface area contributed by atoms with Gasteiger partial charge in [0.15, 0.2) is 5.82 Å². The van der Waals surface area contributed by atoms with E-state index in [4.69, 9.17) is 4.52 Å². The summed E-state index contributed by atoms with van der Waals surface area (Å²) >= 11 is 1.34. The lowest BCUT2D eigenvalue weighted by atomic mass is 10.2. The molecule has 0 bridgehead atoms. The van der Waals surface area contributed by atoms with Crippen LogP contribution in [0.5, 0.6) is 0 Å². The number of halogens is 1. The molecular formula is C12H14FN3OS. The number of aromatic nitrogens is 3. The highest BCUT2D eigenvalue weighted by molar-refractivity contribution is 7.98. The lowest BCUT2D eigenvalue weighted by Gasteiger charge is -2.04. The van der Waals surface area contributed by atoms with Crippen LogP contribution in [0, 0.1) is 19.7 Å². The average molecular weight is 267 g/mol. The molecule has 0 aromatic carbocycles. The van der Waals surface area contributed by atoms with Crippen molar-refractivity contribution in [2.24, 2.45) is 0 Å². The van der Waals surface area contributed by atoms with Gasteiger partial charge in [-0.05, 0) is 20.3 Å². The quantitative estimate of drug-likeness (QED) is 0.629. The minimum absolute atomic E-state index is 0.322. The van der Waals surface area contributed by atoms with Crippen LogP contribution in [0.1, 0.15) is 29.6 Å². The van der Waals surface area contributed by atoms with Gasteiger partial charge in [-0.3, -0.25) is 0 Å². The van der Waals surface area contributed by atoms with Gasteiger partial charge in [-0.1, -0.05) is 23.8 Å². The molecular weight excluding hydrogens is 253 g/mol. The molecule has 2 heterocycles.